The smallest absolute Gasteiger partial charge is 0.236 e. The maximum atomic E-state index is 11.7. The normalized spacial score (nSPS) is 18.9. The lowest BCUT2D eigenvalue weighted by Crippen LogP contribution is -2.43. The lowest BCUT2D eigenvalue weighted by Gasteiger charge is -2.27. The first-order valence-electron chi connectivity index (χ1n) is 5.86. The van der Waals surface area contributed by atoms with E-state index in [1.54, 1.807) is 0 Å². The SMILES string of the molecule is CC(CCO)NCC(=O)N1CCCCC1. The molecule has 1 rings (SSSR count). The van der Waals surface area contributed by atoms with Crippen LogP contribution in [-0.2, 0) is 4.79 Å². The van der Waals surface area contributed by atoms with E-state index in [1.165, 1.54) is 6.42 Å². The molecule has 1 saturated heterocycles. The van der Waals surface area contributed by atoms with Crippen LogP contribution < -0.4 is 5.32 Å². The molecule has 0 aromatic heterocycles. The zero-order chi connectivity index (χ0) is 11.1. The van der Waals surface area contributed by atoms with Crippen LogP contribution in [0.4, 0.5) is 0 Å². The van der Waals surface area contributed by atoms with E-state index in [2.05, 4.69) is 5.32 Å². The second-order valence-electron chi connectivity index (χ2n) is 4.24. The van der Waals surface area contributed by atoms with Gasteiger partial charge in [-0.3, -0.25) is 4.79 Å². The number of nitrogens with zero attached hydrogens (tertiary/aromatic N) is 1. The van der Waals surface area contributed by atoms with Crippen molar-refractivity contribution in [2.75, 3.05) is 26.2 Å². The molecule has 0 spiro atoms. The Balaban J connectivity index is 2.16. The average Bonchev–Trinajstić information content (AvgIpc) is 2.27. The number of hydrogen-bond acceptors (Lipinski definition) is 3. The van der Waals surface area contributed by atoms with E-state index < -0.39 is 0 Å². The fourth-order valence-corrected chi connectivity index (χ4v) is 1.81. The Morgan fingerprint density at radius 1 is 1.40 bits per heavy atom. The van der Waals surface area contributed by atoms with Gasteiger partial charge in [-0.15, -0.1) is 0 Å². The van der Waals surface area contributed by atoms with Gasteiger partial charge in [-0.2, -0.15) is 0 Å². The van der Waals surface area contributed by atoms with Crippen LogP contribution in [0.5, 0.6) is 0 Å². The van der Waals surface area contributed by atoms with E-state index in [0.29, 0.717) is 13.0 Å². The minimum Gasteiger partial charge on any atom is -0.396 e. The molecule has 1 aliphatic heterocycles. The van der Waals surface area contributed by atoms with E-state index in [9.17, 15) is 4.79 Å². The summed E-state index contributed by atoms with van der Waals surface area (Å²) in [6, 6.07) is 0.212. The zero-order valence-electron chi connectivity index (χ0n) is 9.54. The Bertz CT molecular complexity index is 191. The molecule has 1 heterocycles. The first-order chi connectivity index (χ1) is 7.24. The summed E-state index contributed by atoms with van der Waals surface area (Å²) in [6.07, 6.45) is 4.22. The number of rotatable bonds is 5. The van der Waals surface area contributed by atoms with Crippen LogP contribution in [0.1, 0.15) is 32.6 Å². The predicted octanol–water partition coefficient (Wildman–Crippen LogP) is 0.359. The molecule has 0 aliphatic carbocycles. The maximum Gasteiger partial charge on any atom is 0.236 e. The largest absolute Gasteiger partial charge is 0.396 e. The molecule has 1 amide bonds. The van der Waals surface area contributed by atoms with Crippen LogP contribution in [-0.4, -0.2) is 48.2 Å². The predicted molar refractivity (Wildman–Crippen MR) is 59.6 cm³/mol. The molecule has 0 radical (unpaired) electrons. The second-order valence-corrected chi connectivity index (χ2v) is 4.24. The molecule has 0 saturated carbocycles. The molecule has 4 heteroatoms. The summed E-state index contributed by atoms with van der Waals surface area (Å²) < 4.78 is 0. The number of aliphatic hydroxyl groups excluding tert-OH is 1. The van der Waals surface area contributed by atoms with Crippen molar-refractivity contribution in [2.24, 2.45) is 0 Å². The molecule has 0 bridgehead atoms. The van der Waals surface area contributed by atoms with E-state index in [1.807, 2.05) is 11.8 Å². The number of piperidine rings is 1. The molecule has 4 nitrogen and oxygen atoms in total. The fraction of sp³-hybridized carbons (Fsp3) is 0.909. The topological polar surface area (TPSA) is 52.6 Å². The molecule has 15 heavy (non-hydrogen) atoms. The number of nitrogens with one attached hydrogen (secondary N) is 1. The highest BCUT2D eigenvalue weighted by Gasteiger charge is 2.16. The lowest BCUT2D eigenvalue weighted by molar-refractivity contribution is -0.131. The molecule has 1 atom stereocenters. The van der Waals surface area contributed by atoms with Crippen molar-refractivity contribution in [3.8, 4) is 0 Å². The van der Waals surface area contributed by atoms with Crippen molar-refractivity contribution in [3.05, 3.63) is 0 Å². The van der Waals surface area contributed by atoms with Gasteiger partial charge in [-0.05, 0) is 32.6 Å². The van der Waals surface area contributed by atoms with Gasteiger partial charge in [-0.25, -0.2) is 0 Å². The zero-order valence-corrected chi connectivity index (χ0v) is 9.54. The molecule has 1 unspecified atom stereocenters. The number of hydrogen-bond donors (Lipinski definition) is 2. The van der Waals surface area contributed by atoms with Crippen LogP contribution in [0.15, 0.2) is 0 Å². The quantitative estimate of drug-likeness (QED) is 0.695. The van der Waals surface area contributed by atoms with E-state index >= 15 is 0 Å². The summed E-state index contributed by atoms with van der Waals surface area (Å²) in [5.41, 5.74) is 0. The van der Waals surface area contributed by atoms with Crippen molar-refractivity contribution >= 4 is 5.91 Å². The van der Waals surface area contributed by atoms with Crippen LogP contribution in [0.3, 0.4) is 0 Å². The third-order valence-corrected chi connectivity index (χ3v) is 2.87. The molecule has 0 aromatic rings. The van der Waals surface area contributed by atoms with Crippen molar-refractivity contribution in [1.82, 2.24) is 10.2 Å². The molecular weight excluding hydrogens is 192 g/mol. The Kier molecular flexibility index (Phi) is 5.65. The van der Waals surface area contributed by atoms with E-state index in [0.717, 1.165) is 25.9 Å². The summed E-state index contributed by atoms with van der Waals surface area (Å²) >= 11 is 0. The highest BCUT2D eigenvalue weighted by molar-refractivity contribution is 5.78. The fourth-order valence-electron chi connectivity index (χ4n) is 1.81. The van der Waals surface area contributed by atoms with Gasteiger partial charge in [0.25, 0.3) is 0 Å². The summed E-state index contributed by atoms with van der Waals surface area (Å²) in [7, 11) is 0. The summed E-state index contributed by atoms with van der Waals surface area (Å²) in [5, 5.41) is 11.8. The lowest BCUT2D eigenvalue weighted by atomic mass is 10.1. The van der Waals surface area contributed by atoms with Crippen molar-refractivity contribution < 1.29 is 9.90 Å². The number of carbonyl (C=O) groups excluding carboxylic acids is 1. The highest BCUT2D eigenvalue weighted by Crippen LogP contribution is 2.08. The summed E-state index contributed by atoms with van der Waals surface area (Å²) in [6.45, 7) is 4.39. The van der Waals surface area contributed by atoms with Crippen molar-refractivity contribution in [3.63, 3.8) is 0 Å². The number of amides is 1. The van der Waals surface area contributed by atoms with Crippen LogP contribution in [0.25, 0.3) is 0 Å². The molecule has 0 aromatic carbocycles. The van der Waals surface area contributed by atoms with Crippen molar-refractivity contribution in [2.45, 2.75) is 38.6 Å². The Morgan fingerprint density at radius 3 is 2.67 bits per heavy atom. The van der Waals surface area contributed by atoms with Crippen LogP contribution >= 0.6 is 0 Å². The first-order valence-corrected chi connectivity index (χ1v) is 5.86. The van der Waals surface area contributed by atoms with Gasteiger partial charge in [0, 0.05) is 25.7 Å². The van der Waals surface area contributed by atoms with Crippen molar-refractivity contribution in [1.29, 1.82) is 0 Å². The summed E-state index contributed by atoms with van der Waals surface area (Å²) in [4.78, 5) is 13.6. The van der Waals surface area contributed by atoms with E-state index in [-0.39, 0.29) is 18.6 Å². The van der Waals surface area contributed by atoms with Gasteiger partial charge < -0.3 is 15.3 Å². The van der Waals surface area contributed by atoms with Crippen LogP contribution in [0.2, 0.25) is 0 Å². The minimum atomic E-state index is 0.173. The van der Waals surface area contributed by atoms with Gasteiger partial charge >= 0.3 is 0 Å². The standard InChI is InChI=1S/C11H22N2O2/c1-10(5-8-14)12-9-11(15)13-6-3-2-4-7-13/h10,12,14H,2-9H2,1H3. The third-order valence-electron chi connectivity index (χ3n) is 2.87. The third kappa shape index (κ3) is 4.62. The maximum absolute atomic E-state index is 11.7. The van der Waals surface area contributed by atoms with Gasteiger partial charge in [0.2, 0.25) is 5.91 Å². The first kappa shape index (κ1) is 12.5. The second kappa shape index (κ2) is 6.80. The van der Waals surface area contributed by atoms with Gasteiger partial charge in [0.05, 0.1) is 6.54 Å². The van der Waals surface area contributed by atoms with Gasteiger partial charge in [0.1, 0.15) is 0 Å². The van der Waals surface area contributed by atoms with Gasteiger partial charge in [0.15, 0.2) is 0 Å². The Hall–Kier alpha value is -0.610. The minimum absolute atomic E-state index is 0.173. The van der Waals surface area contributed by atoms with Gasteiger partial charge in [-0.1, -0.05) is 0 Å². The molecule has 1 aliphatic rings. The van der Waals surface area contributed by atoms with Crippen LogP contribution in [0, 0.1) is 0 Å². The Labute approximate surface area is 91.6 Å². The number of aliphatic hydroxyl groups is 1. The molecule has 88 valence electrons. The average molecular weight is 214 g/mol. The molecule has 2 N–H and O–H groups in total. The highest BCUT2D eigenvalue weighted by atomic mass is 16.3. The summed E-state index contributed by atoms with van der Waals surface area (Å²) in [5.74, 6) is 0.194. The van der Waals surface area contributed by atoms with E-state index in [4.69, 9.17) is 5.11 Å². The number of carbonyl (C=O) groups is 1. The number of likely N-dealkylation sites (tertiary alicyclic amines) is 1. The monoisotopic (exact) mass is 214 g/mol. The molecular formula is C11H22N2O2. The molecule has 1 fully saturated rings. The Morgan fingerprint density at radius 2 is 2.07 bits per heavy atom.